The number of nitrogens with zero attached hydrogens (tertiary/aromatic N) is 2. The first-order valence-corrected chi connectivity index (χ1v) is 11.9. The number of carbonyl (C=O) groups excluding carboxylic acids is 1. The number of likely N-dealkylation sites (N-methyl/N-ethyl adjacent to an activating group) is 2. The first kappa shape index (κ1) is 18.5. The summed E-state index contributed by atoms with van der Waals surface area (Å²) < 4.78 is 6.33. The van der Waals surface area contributed by atoms with Crippen LogP contribution in [0.1, 0.15) is 32.1 Å². The monoisotopic (exact) mass is 384 g/mol. The molecule has 4 rings (SSSR count). The minimum Gasteiger partial charge on any atom is -0.374 e. The van der Waals surface area contributed by atoms with Crippen LogP contribution in [0.2, 0.25) is 0 Å². The van der Waals surface area contributed by atoms with E-state index in [1.165, 1.54) is 30.8 Å². The lowest BCUT2D eigenvalue weighted by Crippen LogP contribution is -2.51. The Morgan fingerprint density at radius 3 is 2.56 bits per heavy atom. The highest BCUT2D eigenvalue weighted by molar-refractivity contribution is 8.21. The summed E-state index contributed by atoms with van der Waals surface area (Å²) >= 11 is 4.44. The zero-order valence-electron chi connectivity index (χ0n) is 15.6. The molecule has 2 heterocycles. The van der Waals surface area contributed by atoms with Gasteiger partial charge in [0.05, 0.1) is 16.8 Å². The molecule has 2 aliphatic carbocycles. The fraction of sp³-hybridized carbons (Fsp3) is 0.947. The van der Waals surface area contributed by atoms with Crippen LogP contribution in [0.4, 0.5) is 0 Å². The van der Waals surface area contributed by atoms with Gasteiger partial charge >= 0.3 is 0 Å². The molecule has 4 aliphatic rings. The van der Waals surface area contributed by atoms with Gasteiger partial charge in [0.15, 0.2) is 0 Å². The maximum absolute atomic E-state index is 13.1. The van der Waals surface area contributed by atoms with Gasteiger partial charge in [-0.2, -0.15) is 0 Å². The number of thioether (sulfide) groups is 2. The predicted molar refractivity (Wildman–Crippen MR) is 106 cm³/mol. The summed E-state index contributed by atoms with van der Waals surface area (Å²) in [4.78, 5) is 17.4. The van der Waals surface area contributed by atoms with E-state index in [-0.39, 0.29) is 12.0 Å². The van der Waals surface area contributed by atoms with E-state index < -0.39 is 0 Å². The van der Waals surface area contributed by atoms with E-state index >= 15 is 0 Å². The van der Waals surface area contributed by atoms with Crippen LogP contribution in [0.3, 0.4) is 0 Å². The molecule has 142 valence electrons. The zero-order valence-corrected chi connectivity index (χ0v) is 17.2. The van der Waals surface area contributed by atoms with Gasteiger partial charge < -0.3 is 14.5 Å². The van der Waals surface area contributed by atoms with Crippen molar-refractivity contribution in [2.75, 3.05) is 51.8 Å². The largest absolute Gasteiger partial charge is 0.374 e. The van der Waals surface area contributed by atoms with Crippen LogP contribution in [0, 0.1) is 17.8 Å². The summed E-state index contributed by atoms with van der Waals surface area (Å²) in [6, 6.07) is 0. The summed E-state index contributed by atoms with van der Waals surface area (Å²) in [7, 11) is 4.12. The first-order chi connectivity index (χ1) is 12.1. The maximum atomic E-state index is 13.1. The van der Waals surface area contributed by atoms with Crippen molar-refractivity contribution in [2.45, 2.75) is 42.3 Å². The van der Waals surface area contributed by atoms with Crippen molar-refractivity contribution in [2.24, 2.45) is 17.8 Å². The average molecular weight is 385 g/mol. The molecule has 4 nitrogen and oxygen atoms in total. The van der Waals surface area contributed by atoms with Crippen molar-refractivity contribution in [3.05, 3.63) is 0 Å². The number of hydrogen-bond acceptors (Lipinski definition) is 5. The number of ether oxygens (including phenoxy) is 1. The minimum absolute atomic E-state index is 0.170. The molecule has 2 bridgehead atoms. The molecule has 2 saturated heterocycles. The molecule has 0 aromatic heterocycles. The molecule has 25 heavy (non-hydrogen) atoms. The van der Waals surface area contributed by atoms with Crippen LogP contribution in [0.15, 0.2) is 0 Å². The Labute approximate surface area is 160 Å². The molecule has 2 saturated carbocycles. The van der Waals surface area contributed by atoms with Gasteiger partial charge in [-0.05, 0) is 44.6 Å². The summed E-state index contributed by atoms with van der Waals surface area (Å²) in [5, 5.41) is 0. The van der Waals surface area contributed by atoms with Gasteiger partial charge in [0.2, 0.25) is 5.91 Å². The van der Waals surface area contributed by atoms with Gasteiger partial charge in [0, 0.05) is 44.1 Å². The quantitative estimate of drug-likeness (QED) is 0.747. The summed E-state index contributed by atoms with van der Waals surface area (Å²) in [6.07, 6.45) is 6.44. The van der Waals surface area contributed by atoms with Gasteiger partial charge in [-0.15, -0.1) is 23.5 Å². The molecule has 4 fully saturated rings. The highest BCUT2D eigenvalue weighted by atomic mass is 32.2. The van der Waals surface area contributed by atoms with E-state index in [1.54, 1.807) is 0 Å². The second-order valence-corrected chi connectivity index (χ2v) is 11.4. The number of rotatable bonds is 3. The lowest BCUT2D eigenvalue weighted by atomic mass is 9.66. The van der Waals surface area contributed by atoms with Crippen LogP contribution in [-0.4, -0.2) is 77.7 Å². The number of amides is 1. The number of carbonyl (C=O) groups is 1. The van der Waals surface area contributed by atoms with Gasteiger partial charge in [-0.1, -0.05) is 6.42 Å². The van der Waals surface area contributed by atoms with E-state index in [4.69, 9.17) is 4.74 Å². The molecule has 3 atom stereocenters. The number of morpholine rings is 1. The zero-order chi connectivity index (χ0) is 17.4. The molecule has 0 aromatic carbocycles. The minimum atomic E-state index is 0.170. The molecule has 3 unspecified atom stereocenters. The van der Waals surface area contributed by atoms with Crippen LogP contribution < -0.4 is 0 Å². The van der Waals surface area contributed by atoms with Crippen molar-refractivity contribution in [3.8, 4) is 0 Å². The Hall–Kier alpha value is 0.0900. The van der Waals surface area contributed by atoms with Crippen molar-refractivity contribution in [3.63, 3.8) is 0 Å². The summed E-state index contributed by atoms with van der Waals surface area (Å²) in [5.74, 6) is 4.73. The molecule has 1 spiro atoms. The van der Waals surface area contributed by atoms with Crippen LogP contribution in [0.25, 0.3) is 0 Å². The molecule has 0 N–H and O–H groups in total. The van der Waals surface area contributed by atoms with Crippen LogP contribution in [0.5, 0.6) is 0 Å². The third kappa shape index (κ3) is 3.61. The van der Waals surface area contributed by atoms with Gasteiger partial charge in [-0.25, -0.2) is 0 Å². The Bertz CT molecular complexity index is 482. The Morgan fingerprint density at radius 1 is 1.24 bits per heavy atom. The highest BCUT2D eigenvalue weighted by Crippen LogP contribution is 2.64. The topological polar surface area (TPSA) is 32.8 Å². The SMILES string of the molecule is CN1CCOC(CN(C)C(=O)C2CC3CCCC(C2)C32SCCS2)C1. The van der Waals surface area contributed by atoms with Crippen LogP contribution >= 0.6 is 23.5 Å². The van der Waals surface area contributed by atoms with Crippen molar-refractivity contribution in [1.82, 2.24) is 9.80 Å². The second kappa shape index (κ2) is 7.61. The van der Waals surface area contributed by atoms with E-state index in [0.29, 0.717) is 9.99 Å². The van der Waals surface area contributed by atoms with E-state index in [1.807, 2.05) is 11.9 Å². The summed E-state index contributed by atoms with van der Waals surface area (Å²) in [5.41, 5.74) is 0. The molecule has 1 amide bonds. The third-order valence-corrected chi connectivity index (χ3v) is 10.7. The smallest absolute Gasteiger partial charge is 0.225 e. The average Bonchev–Trinajstić information content (AvgIpc) is 3.03. The molecule has 6 heteroatoms. The van der Waals surface area contributed by atoms with Crippen LogP contribution in [-0.2, 0) is 9.53 Å². The standard InChI is InChI=1S/C19H32N2O2S2/c1-20-6-7-23-17(12-20)13-21(2)18(22)14-10-15-4-3-5-16(11-14)19(15)24-8-9-25-19/h14-17H,3-13H2,1-2H3. The Morgan fingerprint density at radius 2 is 1.92 bits per heavy atom. The first-order valence-electron chi connectivity index (χ1n) is 9.91. The van der Waals surface area contributed by atoms with Crippen molar-refractivity contribution in [1.29, 1.82) is 0 Å². The van der Waals surface area contributed by atoms with Gasteiger partial charge in [0.25, 0.3) is 0 Å². The summed E-state index contributed by atoms with van der Waals surface area (Å²) in [6.45, 7) is 3.46. The van der Waals surface area contributed by atoms with Crippen molar-refractivity contribution >= 4 is 29.4 Å². The van der Waals surface area contributed by atoms with E-state index in [9.17, 15) is 4.79 Å². The van der Waals surface area contributed by atoms with Crippen molar-refractivity contribution < 1.29 is 9.53 Å². The van der Waals surface area contributed by atoms with Gasteiger partial charge in [0.1, 0.15) is 0 Å². The van der Waals surface area contributed by atoms with E-state index in [2.05, 4.69) is 35.5 Å². The number of hydrogen-bond donors (Lipinski definition) is 0. The molecular formula is C19H32N2O2S2. The fourth-order valence-corrected chi connectivity index (χ4v) is 9.43. The molecule has 2 aliphatic heterocycles. The molecular weight excluding hydrogens is 352 g/mol. The molecule has 0 aromatic rings. The normalized spacial score (nSPS) is 38.0. The Kier molecular flexibility index (Phi) is 5.61. The Balaban J connectivity index is 1.38. The fourth-order valence-electron chi connectivity index (χ4n) is 5.50. The second-order valence-electron chi connectivity index (χ2n) is 8.39. The predicted octanol–water partition coefficient (Wildman–Crippen LogP) is 2.78. The lowest BCUT2D eigenvalue weighted by molar-refractivity contribution is -0.139. The highest BCUT2D eigenvalue weighted by Gasteiger charge is 2.55. The lowest BCUT2D eigenvalue weighted by Gasteiger charge is -2.52. The maximum Gasteiger partial charge on any atom is 0.225 e. The third-order valence-electron chi connectivity index (χ3n) is 6.66. The molecule has 0 radical (unpaired) electrons. The van der Waals surface area contributed by atoms with E-state index in [0.717, 1.165) is 50.9 Å². The van der Waals surface area contributed by atoms with Gasteiger partial charge in [-0.3, -0.25) is 4.79 Å².